The first-order valence-corrected chi connectivity index (χ1v) is 6.71. The Morgan fingerprint density at radius 3 is 2.78 bits per heavy atom. The molecule has 0 spiro atoms. The third kappa shape index (κ3) is 5.18. The van der Waals surface area contributed by atoms with Gasteiger partial charge in [-0.05, 0) is 30.9 Å². The fraction of sp³-hybridized carbons (Fsp3) is 0.500. The molecule has 1 aromatic rings. The van der Waals surface area contributed by atoms with Crippen LogP contribution in [0.5, 0.6) is 0 Å². The summed E-state index contributed by atoms with van der Waals surface area (Å²) in [6.45, 7) is 4.90. The standard InChI is InChI=1S/C12H18N2O3S/c1-3-17-12(16)13-6-4-11(15)14-8-10-9(2)5-7-18-10/h5,7H,3-4,6,8H2,1-2H3,(H,13,16)(H,14,15). The van der Waals surface area contributed by atoms with E-state index in [-0.39, 0.29) is 18.9 Å². The molecule has 5 nitrogen and oxygen atoms in total. The number of amides is 2. The Morgan fingerprint density at radius 1 is 1.39 bits per heavy atom. The van der Waals surface area contributed by atoms with E-state index in [1.54, 1.807) is 18.3 Å². The third-order valence-corrected chi connectivity index (χ3v) is 3.33. The summed E-state index contributed by atoms with van der Waals surface area (Å²) in [5.74, 6) is -0.0837. The maximum Gasteiger partial charge on any atom is 0.407 e. The van der Waals surface area contributed by atoms with Crippen LogP contribution in [0.25, 0.3) is 0 Å². The number of alkyl carbamates (subject to hydrolysis) is 1. The second kappa shape index (κ2) is 7.71. The number of carbonyl (C=O) groups is 2. The molecule has 1 heterocycles. The van der Waals surface area contributed by atoms with Crippen molar-refractivity contribution in [2.75, 3.05) is 13.2 Å². The van der Waals surface area contributed by atoms with Gasteiger partial charge in [-0.2, -0.15) is 0 Å². The molecule has 0 radical (unpaired) electrons. The molecule has 0 aromatic carbocycles. The van der Waals surface area contributed by atoms with Crippen LogP contribution in [0.1, 0.15) is 23.8 Å². The molecule has 1 aromatic heterocycles. The largest absolute Gasteiger partial charge is 0.450 e. The van der Waals surface area contributed by atoms with E-state index in [1.165, 1.54) is 5.56 Å². The maximum atomic E-state index is 11.5. The van der Waals surface area contributed by atoms with Gasteiger partial charge in [0.25, 0.3) is 0 Å². The number of nitrogens with one attached hydrogen (secondary N) is 2. The monoisotopic (exact) mass is 270 g/mol. The lowest BCUT2D eigenvalue weighted by Crippen LogP contribution is -2.30. The van der Waals surface area contributed by atoms with Crippen LogP contribution in [0.3, 0.4) is 0 Å². The predicted octanol–water partition coefficient (Wildman–Crippen LogP) is 1.81. The molecule has 1 rings (SSSR count). The summed E-state index contributed by atoms with van der Waals surface area (Å²) >= 11 is 1.62. The number of rotatable bonds is 6. The highest BCUT2D eigenvalue weighted by Crippen LogP contribution is 2.14. The fourth-order valence-electron chi connectivity index (χ4n) is 1.31. The molecule has 0 aliphatic rings. The number of hydrogen-bond acceptors (Lipinski definition) is 4. The molecular weight excluding hydrogens is 252 g/mol. The van der Waals surface area contributed by atoms with Crippen molar-refractivity contribution in [3.05, 3.63) is 21.9 Å². The smallest absolute Gasteiger partial charge is 0.407 e. The van der Waals surface area contributed by atoms with Crippen molar-refractivity contribution in [2.45, 2.75) is 26.8 Å². The van der Waals surface area contributed by atoms with Crippen LogP contribution < -0.4 is 10.6 Å². The first kappa shape index (κ1) is 14.5. The van der Waals surface area contributed by atoms with Gasteiger partial charge < -0.3 is 15.4 Å². The zero-order valence-electron chi connectivity index (χ0n) is 10.6. The van der Waals surface area contributed by atoms with Gasteiger partial charge in [0, 0.05) is 17.8 Å². The summed E-state index contributed by atoms with van der Waals surface area (Å²) in [5.41, 5.74) is 1.19. The van der Waals surface area contributed by atoms with Crippen molar-refractivity contribution in [3.8, 4) is 0 Å². The highest BCUT2D eigenvalue weighted by Gasteiger charge is 2.05. The minimum absolute atomic E-state index is 0.0837. The highest BCUT2D eigenvalue weighted by atomic mass is 32.1. The quantitative estimate of drug-likeness (QED) is 0.828. The molecule has 0 aliphatic heterocycles. The lowest BCUT2D eigenvalue weighted by molar-refractivity contribution is -0.121. The predicted molar refractivity (Wildman–Crippen MR) is 70.5 cm³/mol. The van der Waals surface area contributed by atoms with Crippen LogP contribution in [0.4, 0.5) is 4.79 Å². The summed E-state index contributed by atoms with van der Waals surface area (Å²) in [4.78, 5) is 23.6. The van der Waals surface area contributed by atoms with E-state index in [1.807, 2.05) is 18.4 Å². The van der Waals surface area contributed by atoms with Gasteiger partial charge in [-0.3, -0.25) is 4.79 Å². The van der Waals surface area contributed by atoms with Crippen LogP contribution in [0, 0.1) is 6.92 Å². The van der Waals surface area contributed by atoms with Gasteiger partial charge >= 0.3 is 6.09 Å². The summed E-state index contributed by atoms with van der Waals surface area (Å²) in [6, 6.07) is 2.02. The van der Waals surface area contributed by atoms with Gasteiger partial charge in [0.2, 0.25) is 5.91 Å². The van der Waals surface area contributed by atoms with Gasteiger partial charge in [-0.1, -0.05) is 0 Å². The van der Waals surface area contributed by atoms with Crippen molar-refractivity contribution in [1.82, 2.24) is 10.6 Å². The molecule has 0 saturated carbocycles. The number of hydrogen-bond donors (Lipinski definition) is 2. The van der Waals surface area contributed by atoms with E-state index in [9.17, 15) is 9.59 Å². The van der Waals surface area contributed by atoms with Crippen LogP contribution in [0.2, 0.25) is 0 Å². The summed E-state index contributed by atoms with van der Waals surface area (Å²) in [6.07, 6.45) is -0.233. The normalized spacial score (nSPS) is 9.89. The Labute approximate surface area is 111 Å². The first-order valence-electron chi connectivity index (χ1n) is 5.83. The molecule has 0 unspecified atom stereocenters. The zero-order valence-corrected chi connectivity index (χ0v) is 11.4. The average Bonchev–Trinajstić information content (AvgIpc) is 2.72. The number of aryl methyl sites for hydroxylation is 1. The lowest BCUT2D eigenvalue weighted by Gasteiger charge is -2.06. The Hall–Kier alpha value is -1.56. The SMILES string of the molecule is CCOC(=O)NCCC(=O)NCc1sccc1C. The molecule has 0 bridgehead atoms. The Bertz CT molecular complexity index is 404. The van der Waals surface area contributed by atoms with Gasteiger partial charge in [0.05, 0.1) is 13.2 Å². The summed E-state index contributed by atoms with van der Waals surface area (Å²) < 4.78 is 4.68. The van der Waals surface area contributed by atoms with Crippen molar-refractivity contribution in [3.63, 3.8) is 0 Å². The topological polar surface area (TPSA) is 67.4 Å². The third-order valence-electron chi connectivity index (χ3n) is 2.31. The Balaban J connectivity index is 2.15. The summed E-state index contributed by atoms with van der Waals surface area (Å²) in [7, 11) is 0. The van der Waals surface area contributed by atoms with Gasteiger partial charge in [0.1, 0.15) is 0 Å². The molecule has 18 heavy (non-hydrogen) atoms. The minimum Gasteiger partial charge on any atom is -0.450 e. The lowest BCUT2D eigenvalue weighted by atomic mass is 10.3. The zero-order chi connectivity index (χ0) is 13.4. The van der Waals surface area contributed by atoms with E-state index in [0.717, 1.165) is 4.88 Å². The average molecular weight is 270 g/mol. The van der Waals surface area contributed by atoms with Crippen LogP contribution >= 0.6 is 11.3 Å². The van der Waals surface area contributed by atoms with E-state index < -0.39 is 6.09 Å². The van der Waals surface area contributed by atoms with E-state index >= 15 is 0 Å². The minimum atomic E-state index is -0.487. The molecule has 2 N–H and O–H groups in total. The molecule has 6 heteroatoms. The van der Waals surface area contributed by atoms with Crippen LogP contribution in [0.15, 0.2) is 11.4 Å². The number of ether oxygens (including phenoxy) is 1. The second-order valence-corrected chi connectivity index (χ2v) is 4.70. The van der Waals surface area contributed by atoms with Gasteiger partial charge in [-0.15, -0.1) is 11.3 Å². The maximum absolute atomic E-state index is 11.5. The first-order chi connectivity index (χ1) is 8.63. The number of carbonyl (C=O) groups excluding carboxylic acids is 2. The highest BCUT2D eigenvalue weighted by molar-refractivity contribution is 7.10. The Kier molecular flexibility index (Phi) is 6.21. The van der Waals surface area contributed by atoms with Crippen molar-refractivity contribution >= 4 is 23.3 Å². The van der Waals surface area contributed by atoms with E-state index in [2.05, 4.69) is 15.4 Å². The molecule has 0 atom stereocenters. The van der Waals surface area contributed by atoms with Gasteiger partial charge in [0.15, 0.2) is 0 Å². The van der Waals surface area contributed by atoms with Crippen molar-refractivity contribution in [1.29, 1.82) is 0 Å². The van der Waals surface area contributed by atoms with Crippen LogP contribution in [-0.4, -0.2) is 25.2 Å². The van der Waals surface area contributed by atoms with E-state index in [0.29, 0.717) is 13.2 Å². The second-order valence-electron chi connectivity index (χ2n) is 3.70. The Morgan fingerprint density at radius 2 is 2.17 bits per heavy atom. The van der Waals surface area contributed by atoms with Crippen LogP contribution in [-0.2, 0) is 16.1 Å². The summed E-state index contributed by atoms with van der Waals surface area (Å²) in [5, 5.41) is 7.31. The number of thiophene rings is 1. The molecule has 0 fully saturated rings. The van der Waals surface area contributed by atoms with Crippen molar-refractivity contribution in [2.24, 2.45) is 0 Å². The molecule has 0 aliphatic carbocycles. The molecule has 0 saturated heterocycles. The van der Waals surface area contributed by atoms with E-state index in [4.69, 9.17) is 0 Å². The molecule has 2 amide bonds. The molecule has 100 valence electrons. The fourth-order valence-corrected chi connectivity index (χ4v) is 2.16. The van der Waals surface area contributed by atoms with Gasteiger partial charge in [-0.25, -0.2) is 4.79 Å². The molecular formula is C12H18N2O3S. The van der Waals surface area contributed by atoms with Crippen molar-refractivity contribution < 1.29 is 14.3 Å².